The molecule has 1 aromatic heterocycles. The van der Waals surface area contributed by atoms with E-state index in [1.165, 1.54) is 6.42 Å². The van der Waals surface area contributed by atoms with Crippen molar-refractivity contribution in [3.63, 3.8) is 0 Å². The number of anilines is 1. The van der Waals surface area contributed by atoms with Gasteiger partial charge < -0.3 is 4.90 Å². The average molecular weight is 299 g/mol. The molecule has 0 aliphatic heterocycles. The van der Waals surface area contributed by atoms with Gasteiger partial charge in [-0.3, -0.25) is 10.1 Å². The first-order chi connectivity index (χ1) is 9.41. The molecule has 2 atom stereocenters. The predicted molar refractivity (Wildman–Crippen MR) is 78.3 cm³/mol. The molecule has 0 N–H and O–H groups in total. The second-order valence-corrected chi connectivity index (χ2v) is 5.79. The summed E-state index contributed by atoms with van der Waals surface area (Å²) in [6.07, 6.45) is 4.53. The highest BCUT2D eigenvalue weighted by atomic mass is 35.5. The van der Waals surface area contributed by atoms with Crippen molar-refractivity contribution in [2.24, 2.45) is 5.92 Å². The van der Waals surface area contributed by atoms with Gasteiger partial charge in [0.25, 0.3) is 0 Å². The Hall–Kier alpha value is -1.43. The summed E-state index contributed by atoms with van der Waals surface area (Å²) < 4.78 is 0. The number of nitro groups is 1. The zero-order valence-corrected chi connectivity index (χ0v) is 12.7. The third-order valence-electron chi connectivity index (χ3n) is 4.09. The third-order valence-corrected chi connectivity index (χ3v) is 4.26. The van der Waals surface area contributed by atoms with Crippen molar-refractivity contribution in [3.05, 3.63) is 21.1 Å². The van der Waals surface area contributed by atoms with Crippen LogP contribution in [0.5, 0.6) is 0 Å². The van der Waals surface area contributed by atoms with Crippen molar-refractivity contribution in [1.29, 1.82) is 0 Å². The summed E-state index contributed by atoms with van der Waals surface area (Å²) in [5.41, 5.74) is 0.259. The van der Waals surface area contributed by atoms with E-state index in [-0.39, 0.29) is 17.0 Å². The van der Waals surface area contributed by atoms with Gasteiger partial charge in [-0.2, -0.15) is 4.98 Å². The molecule has 1 heterocycles. The molecule has 1 aliphatic carbocycles. The lowest BCUT2D eigenvalue weighted by Crippen LogP contribution is -2.40. The highest BCUT2D eigenvalue weighted by Gasteiger charge is 2.31. The number of nitrogens with zero attached hydrogens (tertiary/aromatic N) is 4. The summed E-state index contributed by atoms with van der Waals surface area (Å²) in [4.78, 5) is 20.7. The maximum Gasteiger partial charge on any atom is 0.332 e. The van der Waals surface area contributed by atoms with Crippen molar-refractivity contribution in [1.82, 2.24) is 9.97 Å². The van der Waals surface area contributed by atoms with Gasteiger partial charge in [-0.15, -0.1) is 0 Å². The normalized spacial score (nSPS) is 22.6. The van der Waals surface area contributed by atoms with E-state index in [0.717, 1.165) is 19.3 Å². The van der Waals surface area contributed by atoms with Gasteiger partial charge in [-0.05, 0) is 37.3 Å². The lowest BCUT2D eigenvalue weighted by molar-refractivity contribution is -0.385. The van der Waals surface area contributed by atoms with Gasteiger partial charge in [-0.1, -0.05) is 19.8 Å². The van der Waals surface area contributed by atoms with Gasteiger partial charge in [0.15, 0.2) is 0 Å². The van der Waals surface area contributed by atoms with Gasteiger partial charge in [0.1, 0.15) is 5.69 Å². The molecule has 1 saturated carbocycles. The number of hydrogen-bond donors (Lipinski definition) is 0. The average Bonchev–Trinajstić information content (AvgIpc) is 2.37. The van der Waals surface area contributed by atoms with Crippen molar-refractivity contribution in [2.45, 2.75) is 45.6 Å². The van der Waals surface area contributed by atoms with Gasteiger partial charge in [0.2, 0.25) is 11.1 Å². The van der Waals surface area contributed by atoms with Crippen LogP contribution in [-0.2, 0) is 0 Å². The fraction of sp³-hybridized carbons (Fsp3) is 0.692. The molecule has 0 bridgehead atoms. The van der Waals surface area contributed by atoms with Crippen LogP contribution in [0.3, 0.4) is 0 Å². The van der Waals surface area contributed by atoms with Crippen LogP contribution in [0.1, 0.15) is 38.3 Å². The summed E-state index contributed by atoms with van der Waals surface area (Å²) in [6, 6.07) is 0.257. The van der Waals surface area contributed by atoms with Crippen molar-refractivity contribution < 1.29 is 4.92 Å². The molecule has 6 nitrogen and oxygen atoms in total. The molecule has 0 aromatic carbocycles. The van der Waals surface area contributed by atoms with Gasteiger partial charge in [-0.25, -0.2) is 4.98 Å². The van der Waals surface area contributed by atoms with E-state index >= 15 is 0 Å². The fourth-order valence-corrected chi connectivity index (χ4v) is 3.21. The molecule has 7 heteroatoms. The number of aromatic nitrogens is 2. The molecule has 0 spiro atoms. The Morgan fingerprint density at radius 2 is 2.00 bits per heavy atom. The quantitative estimate of drug-likeness (QED) is 0.486. The van der Waals surface area contributed by atoms with E-state index in [9.17, 15) is 10.1 Å². The van der Waals surface area contributed by atoms with Crippen LogP contribution in [0.2, 0.25) is 5.28 Å². The summed E-state index contributed by atoms with van der Waals surface area (Å²) in [6.45, 7) is 3.77. The maximum absolute atomic E-state index is 11.3. The van der Waals surface area contributed by atoms with Crippen LogP contribution in [-0.4, -0.2) is 28.0 Å². The number of aryl methyl sites for hydroxylation is 1. The van der Waals surface area contributed by atoms with Crippen LogP contribution >= 0.6 is 11.6 Å². The van der Waals surface area contributed by atoms with Gasteiger partial charge in [0.05, 0.1) is 4.92 Å². The van der Waals surface area contributed by atoms with E-state index in [1.807, 2.05) is 11.9 Å². The molecular formula is C13H19ClN4O2. The fourth-order valence-electron chi connectivity index (χ4n) is 3.01. The SMILES string of the molecule is Cc1nc(Cl)nc(N(C)C2CCCCC2C)c1[N+](=O)[O-]. The molecular weight excluding hydrogens is 280 g/mol. The molecule has 2 rings (SSSR count). The largest absolute Gasteiger partial charge is 0.351 e. The van der Waals surface area contributed by atoms with Crippen LogP contribution < -0.4 is 4.90 Å². The van der Waals surface area contributed by atoms with Crippen LogP contribution in [0.4, 0.5) is 11.5 Å². The van der Waals surface area contributed by atoms with E-state index in [2.05, 4.69) is 16.9 Å². The number of hydrogen-bond acceptors (Lipinski definition) is 5. The number of rotatable bonds is 3. The first-order valence-electron chi connectivity index (χ1n) is 6.83. The lowest BCUT2D eigenvalue weighted by atomic mass is 9.85. The lowest BCUT2D eigenvalue weighted by Gasteiger charge is -2.36. The van der Waals surface area contributed by atoms with Gasteiger partial charge >= 0.3 is 5.69 Å². The zero-order valence-electron chi connectivity index (χ0n) is 12.0. The van der Waals surface area contributed by atoms with Crippen molar-refractivity contribution >= 4 is 23.1 Å². The molecule has 110 valence electrons. The summed E-state index contributed by atoms with van der Waals surface area (Å²) >= 11 is 5.87. The monoisotopic (exact) mass is 298 g/mol. The summed E-state index contributed by atoms with van der Waals surface area (Å²) in [7, 11) is 1.86. The van der Waals surface area contributed by atoms with E-state index in [1.54, 1.807) is 6.92 Å². The predicted octanol–water partition coefficient (Wildman–Crippen LogP) is 3.36. The molecule has 2 unspecified atom stereocenters. The number of halogens is 1. The third kappa shape index (κ3) is 2.85. The highest BCUT2D eigenvalue weighted by Crippen LogP contribution is 2.35. The van der Waals surface area contributed by atoms with E-state index in [4.69, 9.17) is 11.6 Å². The highest BCUT2D eigenvalue weighted by molar-refractivity contribution is 6.28. The molecule has 0 amide bonds. The van der Waals surface area contributed by atoms with Gasteiger partial charge in [0, 0.05) is 13.1 Å². The van der Waals surface area contributed by atoms with Crippen molar-refractivity contribution in [2.75, 3.05) is 11.9 Å². The Morgan fingerprint density at radius 3 is 2.60 bits per heavy atom. The molecule has 0 saturated heterocycles. The Balaban J connectivity index is 2.42. The van der Waals surface area contributed by atoms with Crippen molar-refractivity contribution in [3.8, 4) is 0 Å². The molecule has 1 fully saturated rings. The summed E-state index contributed by atoms with van der Waals surface area (Å²) in [5.74, 6) is 0.814. The Kier molecular flexibility index (Phi) is 4.42. The Morgan fingerprint density at radius 1 is 1.35 bits per heavy atom. The smallest absolute Gasteiger partial charge is 0.332 e. The standard InChI is InChI=1S/C13H19ClN4O2/c1-8-6-4-5-7-10(8)17(3)12-11(18(19)20)9(2)15-13(14)16-12/h8,10H,4-7H2,1-3H3. The molecule has 0 radical (unpaired) electrons. The van der Waals surface area contributed by atoms with Crippen LogP contribution in [0, 0.1) is 23.0 Å². The maximum atomic E-state index is 11.3. The van der Waals surface area contributed by atoms with E-state index in [0.29, 0.717) is 17.4 Å². The second kappa shape index (κ2) is 5.91. The Labute approximate surface area is 123 Å². The minimum absolute atomic E-state index is 0.0466. The molecule has 20 heavy (non-hydrogen) atoms. The minimum Gasteiger partial charge on any atom is -0.351 e. The topological polar surface area (TPSA) is 72.2 Å². The molecule has 1 aromatic rings. The van der Waals surface area contributed by atoms with Crippen LogP contribution in [0.15, 0.2) is 0 Å². The Bertz CT molecular complexity index is 523. The zero-order chi connectivity index (χ0) is 14.9. The van der Waals surface area contributed by atoms with Crippen LogP contribution in [0.25, 0.3) is 0 Å². The second-order valence-electron chi connectivity index (χ2n) is 5.45. The first-order valence-corrected chi connectivity index (χ1v) is 7.21. The minimum atomic E-state index is -0.426. The van der Waals surface area contributed by atoms with E-state index < -0.39 is 4.92 Å². The molecule has 1 aliphatic rings. The first kappa shape index (κ1) is 15.0. The summed E-state index contributed by atoms with van der Waals surface area (Å²) in [5, 5.41) is 11.3.